The summed E-state index contributed by atoms with van der Waals surface area (Å²) < 4.78 is 5.61. The van der Waals surface area contributed by atoms with Crippen molar-refractivity contribution in [2.75, 3.05) is 19.7 Å². The summed E-state index contributed by atoms with van der Waals surface area (Å²) in [4.78, 5) is 0. The third kappa shape index (κ3) is 4.11. The van der Waals surface area contributed by atoms with Gasteiger partial charge in [0.15, 0.2) is 0 Å². The van der Waals surface area contributed by atoms with Gasteiger partial charge in [-0.2, -0.15) is 0 Å². The van der Waals surface area contributed by atoms with E-state index in [1.165, 1.54) is 5.56 Å². The van der Waals surface area contributed by atoms with Crippen LogP contribution >= 0.6 is 0 Å². The van der Waals surface area contributed by atoms with Crippen molar-refractivity contribution in [1.82, 2.24) is 10.6 Å². The van der Waals surface area contributed by atoms with Crippen molar-refractivity contribution < 1.29 is 4.74 Å². The number of rotatable bonds is 6. The Bertz CT molecular complexity index is 315. The van der Waals surface area contributed by atoms with Crippen LogP contribution in [-0.4, -0.2) is 31.8 Å². The van der Waals surface area contributed by atoms with E-state index in [2.05, 4.69) is 47.9 Å². The van der Waals surface area contributed by atoms with Gasteiger partial charge in [0.25, 0.3) is 0 Å². The van der Waals surface area contributed by atoms with Gasteiger partial charge < -0.3 is 15.4 Å². The third-order valence-electron chi connectivity index (χ3n) is 3.15. The Morgan fingerprint density at radius 3 is 2.94 bits per heavy atom. The number of hydrogen-bond acceptors (Lipinski definition) is 3. The smallest absolute Gasteiger partial charge is 0.0714 e. The molecule has 1 saturated heterocycles. The molecular weight excluding hydrogens is 212 g/mol. The van der Waals surface area contributed by atoms with Gasteiger partial charge in [0.1, 0.15) is 0 Å². The van der Waals surface area contributed by atoms with Crippen LogP contribution in [0.5, 0.6) is 0 Å². The lowest BCUT2D eigenvalue weighted by Gasteiger charge is -2.12. The van der Waals surface area contributed by atoms with Crippen molar-refractivity contribution in [3.63, 3.8) is 0 Å². The maximum absolute atomic E-state index is 5.61. The highest BCUT2D eigenvalue weighted by atomic mass is 16.5. The Hall–Kier alpha value is -0.900. The minimum Gasteiger partial charge on any atom is -0.377 e. The summed E-state index contributed by atoms with van der Waals surface area (Å²) in [6.45, 7) is 5.82. The zero-order valence-corrected chi connectivity index (χ0v) is 10.5. The van der Waals surface area contributed by atoms with Crippen molar-refractivity contribution in [3.05, 3.63) is 35.9 Å². The first-order valence-electron chi connectivity index (χ1n) is 6.48. The highest BCUT2D eigenvalue weighted by molar-refractivity contribution is 5.14. The third-order valence-corrected chi connectivity index (χ3v) is 3.15. The molecule has 2 atom stereocenters. The van der Waals surface area contributed by atoms with E-state index in [1.807, 2.05) is 0 Å². The average molecular weight is 234 g/mol. The second kappa shape index (κ2) is 6.74. The molecule has 0 spiro atoms. The van der Waals surface area contributed by atoms with E-state index in [0.29, 0.717) is 12.1 Å². The molecule has 1 aliphatic heterocycles. The van der Waals surface area contributed by atoms with Crippen LogP contribution in [0.2, 0.25) is 0 Å². The Morgan fingerprint density at radius 2 is 2.18 bits per heavy atom. The van der Waals surface area contributed by atoms with Crippen LogP contribution in [0.1, 0.15) is 18.9 Å². The molecule has 3 heteroatoms. The zero-order chi connectivity index (χ0) is 11.9. The van der Waals surface area contributed by atoms with Gasteiger partial charge in [-0.15, -0.1) is 0 Å². The van der Waals surface area contributed by atoms with Gasteiger partial charge in [-0.3, -0.25) is 0 Å². The van der Waals surface area contributed by atoms with Crippen molar-refractivity contribution >= 4 is 0 Å². The molecule has 17 heavy (non-hydrogen) atoms. The quantitative estimate of drug-likeness (QED) is 0.783. The Morgan fingerprint density at radius 1 is 1.35 bits per heavy atom. The van der Waals surface area contributed by atoms with Gasteiger partial charge >= 0.3 is 0 Å². The molecule has 1 aromatic rings. The molecule has 1 fully saturated rings. The van der Waals surface area contributed by atoms with Crippen LogP contribution in [0.4, 0.5) is 0 Å². The van der Waals surface area contributed by atoms with Crippen LogP contribution in [0.25, 0.3) is 0 Å². The van der Waals surface area contributed by atoms with Gasteiger partial charge in [-0.1, -0.05) is 30.3 Å². The second-order valence-corrected chi connectivity index (χ2v) is 4.53. The Kier molecular flexibility index (Phi) is 4.98. The van der Waals surface area contributed by atoms with E-state index in [4.69, 9.17) is 4.74 Å². The fourth-order valence-electron chi connectivity index (χ4n) is 2.29. The summed E-state index contributed by atoms with van der Waals surface area (Å²) in [6, 6.07) is 11.1. The number of benzene rings is 1. The molecule has 0 saturated carbocycles. The highest BCUT2D eigenvalue weighted by Gasteiger charge is 2.23. The molecule has 0 amide bonds. The summed E-state index contributed by atoms with van der Waals surface area (Å²) in [5.41, 5.74) is 1.34. The molecule has 3 nitrogen and oxygen atoms in total. The molecule has 0 bridgehead atoms. The molecule has 1 aliphatic rings. The largest absolute Gasteiger partial charge is 0.377 e. The summed E-state index contributed by atoms with van der Waals surface area (Å²) in [5, 5.41) is 6.98. The molecule has 1 aromatic carbocycles. The minimum atomic E-state index is 0.406. The van der Waals surface area contributed by atoms with Gasteiger partial charge in [-0.05, 0) is 18.9 Å². The first kappa shape index (κ1) is 12.6. The number of ether oxygens (including phenoxy) is 1. The van der Waals surface area contributed by atoms with E-state index >= 15 is 0 Å². The van der Waals surface area contributed by atoms with Gasteiger partial charge in [0.05, 0.1) is 6.10 Å². The minimum absolute atomic E-state index is 0.406. The van der Waals surface area contributed by atoms with E-state index in [0.717, 1.165) is 32.7 Å². The predicted octanol–water partition coefficient (Wildman–Crippen LogP) is 1.54. The fourth-order valence-corrected chi connectivity index (χ4v) is 2.29. The summed E-state index contributed by atoms with van der Waals surface area (Å²) in [7, 11) is 0. The lowest BCUT2D eigenvalue weighted by Crippen LogP contribution is -2.33. The van der Waals surface area contributed by atoms with Crippen molar-refractivity contribution in [3.8, 4) is 0 Å². The summed E-state index contributed by atoms with van der Waals surface area (Å²) in [6.07, 6.45) is 1.53. The SMILES string of the molecule is CCO[C@H]1CN[C@@H](CNCc2ccccc2)C1. The Labute approximate surface area is 104 Å². The van der Waals surface area contributed by atoms with Crippen LogP contribution in [0.3, 0.4) is 0 Å². The van der Waals surface area contributed by atoms with Gasteiger partial charge in [0.2, 0.25) is 0 Å². The molecule has 2 N–H and O–H groups in total. The molecule has 0 radical (unpaired) electrons. The summed E-state index contributed by atoms with van der Waals surface area (Å²) >= 11 is 0. The zero-order valence-electron chi connectivity index (χ0n) is 10.5. The molecule has 0 aliphatic carbocycles. The van der Waals surface area contributed by atoms with E-state index in [9.17, 15) is 0 Å². The molecular formula is C14H22N2O. The lowest BCUT2D eigenvalue weighted by atomic mass is 10.2. The van der Waals surface area contributed by atoms with Crippen LogP contribution < -0.4 is 10.6 Å². The van der Waals surface area contributed by atoms with E-state index in [1.54, 1.807) is 0 Å². The Balaban J connectivity index is 1.63. The second-order valence-electron chi connectivity index (χ2n) is 4.53. The van der Waals surface area contributed by atoms with E-state index < -0.39 is 0 Å². The summed E-state index contributed by atoms with van der Waals surface area (Å²) in [5.74, 6) is 0. The normalized spacial score (nSPS) is 24.1. The predicted molar refractivity (Wildman–Crippen MR) is 70.0 cm³/mol. The molecule has 94 valence electrons. The number of hydrogen-bond donors (Lipinski definition) is 2. The van der Waals surface area contributed by atoms with Crippen molar-refractivity contribution in [1.29, 1.82) is 0 Å². The molecule has 0 unspecified atom stereocenters. The molecule has 2 rings (SSSR count). The lowest BCUT2D eigenvalue weighted by molar-refractivity contribution is 0.0757. The monoisotopic (exact) mass is 234 g/mol. The fraction of sp³-hybridized carbons (Fsp3) is 0.571. The molecule has 0 aromatic heterocycles. The average Bonchev–Trinajstić information content (AvgIpc) is 2.79. The van der Waals surface area contributed by atoms with E-state index in [-0.39, 0.29) is 0 Å². The first-order chi connectivity index (χ1) is 8.38. The van der Waals surface area contributed by atoms with Crippen LogP contribution in [-0.2, 0) is 11.3 Å². The molecule has 1 heterocycles. The number of nitrogens with one attached hydrogen (secondary N) is 2. The van der Waals surface area contributed by atoms with Crippen LogP contribution in [0, 0.1) is 0 Å². The maximum atomic E-state index is 5.61. The van der Waals surface area contributed by atoms with Gasteiger partial charge in [0, 0.05) is 32.3 Å². The standard InChI is InChI=1S/C14H22N2O/c1-2-17-14-8-13(16-11-14)10-15-9-12-6-4-3-5-7-12/h3-7,13-16H,2,8-11H2,1H3/t13-,14-/m1/s1. The van der Waals surface area contributed by atoms with Gasteiger partial charge in [-0.25, -0.2) is 0 Å². The first-order valence-corrected chi connectivity index (χ1v) is 6.48. The topological polar surface area (TPSA) is 33.3 Å². The maximum Gasteiger partial charge on any atom is 0.0714 e. The highest BCUT2D eigenvalue weighted by Crippen LogP contribution is 2.09. The van der Waals surface area contributed by atoms with Crippen LogP contribution in [0.15, 0.2) is 30.3 Å². The van der Waals surface area contributed by atoms with Crippen molar-refractivity contribution in [2.24, 2.45) is 0 Å². The van der Waals surface area contributed by atoms with Crippen molar-refractivity contribution in [2.45, 2.75) is 32.0 Å².